The maximum Gasteiger partial charge on any atom is 0.193 e. The van der Waals surface area contributed by atoms with Gasteiger partial charge < -0.3 is 24.4 Å². The number of nitrogens with zero attached hydrogens (tertiary/aromatic N) is 2. The molecule has 0 saturated carbocycles. The lowest BCUT2D eigenvalue weighted by molar-refractivity contribution is 0.0170. The van der Waals surface area contributed by atoms with Gasteiger partial charge in [-0.25, -0.2) is 0 Å². The Morgan fingerprint density at radius 2 is 2.21 bits per heavy atom. The van der Waals surface area contributed by atoms with Crippen molar-refractivity contribution in [1.82, 2.24) is 10.2 Å². The Kier molecular flexibility index (Phi) is 12.0. The SMILES string of the molecule is CCNC(=NCCCOCC1CCCO1)N(C)CC1CCOC1.I. The van der Waals surface area contributed by atoms with Gasteiger partial charge in [0.2, 0.25) is 0 Å². The van der Waals surface area contributed by atoms with Crippen molar-refractivity contribution in [2.45, 2.75) is 38.7 Å². The number of nitrogens with one attached hydrogen (secondary N) is 1. The highest BCUT2D eigenvalue weighted by Gasteiger charge is 2.19. The number of hydrogen-bond acceptors (Lipinski definition) is 4. The fraction of sp³-hybridized carbons (Fsp3) is 0.941. The summed E-state index contributed by atoms with van der Waals surface area (Å²) in [6, 6.07) is 0. The molecule has 0 aliphatic carbocycles. The van der Waals surface area contributed by atoms with E-state index >= 15 is 0 Å². The molecule has 2 unspecified atom stereocenters. The van der Waals surface area contributed by atoms with Crippen molar-refractivity contribution >= 4 is 29.9 Å². The molecule has 0 bridgehead atoms. The monoisotopic (exact) mass is 455 g/mol. The summed E-state index contributed by atoms with van der Waals surface area (Å²) in [4.78, 5) is 6.92. The van der Waals surface area contributed by atoms with Crippen LogP contribution < -0.4 is 5.32 Å². The second-order valence-electron chi connectivity index (χ2n) is 6.41. The van der Waals surface area contributed by atoms with Gasteiger partial charge in [0.1, 0.15) is 0 Å². The van der Waals surface area contributed by atoms with Gasteiger partial charge in [-0.1, -0.05) is 0 Å². The smallest absolute Gasteiger partial charge is 0.193 e. The Balaban J connectivity index is 0.00000288. The molecule has 24 heavy (non-hydrogen) atoms. The van der Waals surface area contributed by atoms with E-state index in [1.165, 1.54) is 6.42 Å². The molecule has 2 fully saturated rings. The molecule has 2 aliphatic heterocycles. The van der Waals surface area contributed by atoms with Crippen molar-refractivity contribution in [3.63, 3.8) is 0 Å². The lowest BCUT2D eigenvalue weighted by Gasteiger charge is -2.24. The molecule has 6 nitrogen and oxygen atoms in total. The fourth-order valence-electron chi connectivity index (χ4n) is 3.01. The van der Waals surface area contributed by atoms with Crippen molar-refractivity contribution in [3.05, 3.63) is 0 Å². The minimum atomic E-state index is 0. The van der Waals surface area contributed by atoms with Crippen LogP contribution >= 0.6 is 24.0 Å². The fourth-order valence-corrected chi connectivity index (χ4v) is 3.01. The van der Waals surface area contributed by atoms with Gasteiger partial charge in [0, 0.05) is 52.4 Å². The molecule has 7 heteroatoms. The molecule has 0 spiro atoms. The highest BCUT2D eigenvalue weighted by atomic mass is 127. The van der Waals surface area contributed by atoms with Crippen molar-refractivity contribution in [2.24, 2.45) is 10.9 Å². The summed E-state index contributed by atoms with van der Waals surface area (Å²) in [6.45, 7) is 8.93. The number of hydrogen-bond donors (Lipinski definition) is 1. The third kappa shape index (κ3) is 8.31. The zero-order chi connectivity index (χ0) is 16.3. The topological polar surface area (TPSA) is 55.3 Å². The first-order valence-electron chi connectivity index (χ1n) is 9.06. The van der Waals surface area contributed by atoms with Gasteiger partial charge in [-0.3, -0.25) is 4.99 Å². The third-order valence-corrected chi connectivity index (χ3v) is 4.29. The van der Waals surface area contributed by atoms with Crippen molar-refractivity contribution < 1.29 is 14.2 Å². The number of guanidine groups is 1. The minimum absolute atomic E-state index is 0. The molecule has 2 heterocycles. The van der Waals surface area contributed by atoms with Crippen LogP contribution in [0, 0.1) is 5.92 Å². The van der Waals surface area contributed by atoms with Gasteiger partial charge in [-0.15, -0.1) is 24.0 Å². The molecule has 0 aromatic carbocycles. The number of halogens is 1. The van der Waals surface area contributed by atoms with Crippen LogP contribution in [-0.4, -0.2) is 76.7 Å². The quantitative estimate of drug-likeness (QED) is 0.250. The van der Waals surface area contributed by atoms with Crippen LogP contribution in [0.4, 0.5) is 0 Å². The standard InChI is InChI=1S/C17H33N3O3.HI/c1-3-18-17(20(2)12-15-7-11-22-13-15)19-8-5-9-21-14-16-6-4-10-23-16;/h15-16H,3-14H2,1-2H3,(H,18,19);1H. The first-order valence-corrected chi connectivity index (χ1v) is 9.06. The molecule has 2 rings (SSSR count). The van der Waals surface area contributed by atoms with Crippen LogP contribution in [0.1, 0.15) is 32.6 Å². The van der Waals surface area contributed by atoms with Crippen LogP contribution in [0.15, 0.2) is 4.99 Å². The minimum Gasteiger partial charge on any atom is -0.381 e. The summed E-state index contributed by atoms with van der Waals surface area (Å²) < 4.78 is 16.7. The second kappa shape index (κ2) is 13.1. The molecule has 0 amide bonds. The average Bonchev–Trinajstić information content (AvgIpc) is 3.23. The van der Waals surface area contributed by atoms with Gasteiger partial charge >= 0.3 is 0 Å². The van der Waals surface area contributed by atoms with Gasteiger partial charge in [0.05, 0.1) is 19.3 Å². The molecule has 0 radical (unpaired) electrons. The largest absolute Gasteiger partial charge is 0.381 e. The van der Waals surface area contributed by atoms with E-state index in [0.717, 1.165) is 77.9 Å². The molecule has 142 valence electrons. The Hall–Kier alpha value is -0.120. The molecule has 1 N–H and O–H groups in total. The van der Waals surface area contributed by atoms with Gasteiger partial charge in [0.25, 0.3) is 0 Å². The van der Waals surface area contributed by atoms with Crippen molar-refractivity contribution in [2.75, 3.05) is 59.7 Å². The molecule has 2 atom stereocenters. The zero-order valence-electron chi connectivity index (χ0n) is 15.2. The lowest BCUT2D eigenvalue weighted by atomic mass is 10.1. The van der Waals surface area contributed by atoms with E-state index in [2.05, 4.69) is 24.2 Å². The Labute approximate surface area is 163 Å². The van der Waals surface area contributed by atoms with Gasteiger partial charge in [-0.2, -0.15) is 0 Å². The Morgan fingerprint density at radius 3 is 2.88 bits per heavy atom. The maximum atomic E-state index is 5.68. The molecule has 2 aliphatic rings. The first kappa shape index (κ1) is 21.9. The summed E-state index contributed by atoms with van der Waals surface area (Å²) in [5, 5.41) is 3.37. The summed E-state index contributed by atoms with van der Waals surface area (Å²) in [7, 11) is 2.10. The highest BCUT2D eigenvalue weighted by Crippen LogP contribution is 2.13. The molecule has 0 aromatic heterocycles. The average molecular weight is 455 g/mol. The molecule has 0 aromatic rings. The number of ether oxygens (including phenoxy) is 3. The van der Waals surface area contributed by atoms with Crippen LogP contribution in [-0.2, 0) is 14.2 Å². The molecule has 2 saturated heterocycles. The molecular formula is C17H34IN3O3. The molecular weight excluding hydrogens is 421 g/mol. The maximum absolute atomic E-state index is 5.68. The van der Waals surface area contributed by atoms with E-state index in [-0.39, 0.29) is 24.0 Å². The van der Waals surface area contributed by atoms with Crippen LogP contribution in [0.2, 0.25) is 0 Å². The summed E-state index contributed by atoms with van der Waals surface area (Å²) in [5.41, 5.74) is 0. The van der Waals surface area contributed by atoms with Gasteiger partial charge in [-0.05, 0) is 32.6 Å². The van der Waals surface area contributed by atoms with Gasteiger partial charge in [0.15, 0.2) is 5.96 Å². The van der Waals surface area contributed by atoms with E-state index in [4.69, 9.17) is 19.2 Å². The number of rotatable bonds is 9. The lowest BCUT2D eigenvalue weighted by Crippen LogP contribution is -2.41. The summed E-state index contributed by atoms with van der Waals surface area (Å²) in [5.74, 6) is 1.61. The second-order valence-corrected chi connectivity index (χ2v) is 6.41. The van der Waals surface area contributed by atoms with Crippen molar-refractivity contribution in [1.29, 1.82) is 0 Å². The highest BCUT2D eigenvalue weighted by molar-refractivity contribution is 14.0. The van der Waals surface area contributed by atoms with Crippen molar-refractivity contribution in [3.8, 4) is 0 Å². The Morgan fingerprint density at radius 1 is 1.33 bits per heavy atom. The first-order chi connectivity index (χ1) is 11.3. The zero-order valence-corrected chi connectivity index (χ0v) is 17.5. The van der Waals surface area contributed by atoms with Crippen LogP contribution in [0.3, 0.4) is 0 Å². The summed E-state index contributed by atoms with van der Waals surface area (Å²) in [6.07, 6.45) is 4.72. The van der Waals surface area contributed by atoms with E-state index in [1.54, 1.807) is 0 Å². The Bertz CT molecular complexity index is 346. The van der Waals surface area contributed by atoms with Crippen LogP contribution in [0.5, 0.6) is 0 Å². The normalized spacial score (nSPS) is 24.0. The predicted octanol–water partition coefficient (Wildman–Crippen LogP) is 2.12. The van der Waals surface area contributed by atoms with E-state index < -0.39 is 0 Å². The third-order valence-electron chi connectivity index (χ3n) is 4.29. The summed E-state index contributed by atoms with van der Waals surface area (Å²) >= 11 is 0. The van der Waals surface area contributed by atoms with Crippen LogP contribution in [0.25, 0.3) is 0 Å². The predicted molar refractivity (Wildman–Crippen MR) is 107 cm³/mol. The van der Waals surface area contributed by atoms with E-state index in [0.29, 0.717) is 12.0 Å². The van der Waals surface area contributed by atoms with E-state index in [9.17, 15) is 0 Å². The number of aliphatic imine (C=N–C) groups is 1. The van der Waals surface area contributed by atoms with E-state index in [1.807, 2.05) is 0 Å².